The summed E-state index contributed by atoms with van der Waals surface area (Å²) in [5.41, 5.74) is 10.5. The van der Waals surface area contributed by atoms with Gasteiger partial charge in [0.15, 0.2) is 0 Å². The van der Waals surface area contributed by atoms with Gasteiger partial charge in [-0.05, 0) is 54.8 Å². The van der Waals surface area contributed by atoms with Crippen molar-refractivity contribution in [2.45, 2.75) is 13.3 Å². The van der Waals surface area contributed by atoms with E-state index in [0.717, 1.165) is 33.4 Å². The third-order valence-corrected chi connectivity index (χ3v) is 4.52. The molecule has 2 aromatic rings. The van der Waals surface area contributed by atoms with Crippen molar-refractivity contribution in [3.05, 3.63) is 57.6 Å². The van der Waals surface area contributed by atoms with E-state index in [4.69, 9.17) is 5.73 Å². The topological polar surface area (TPSA) is 46.3 Å². The van der Waals surface area contributed by atoms with E-state index in [1.807, 2.05) is 48.2 Å². The molecule has 3 rings (SSSR count). The summed E-state index contributed by atoms with van der Waals surface area (Å²) in [6, 6.07) is 11.4. The molecule has 0 bridgehead atoms. The van der Waals surface area contributed by atoms with E-state index in [1.165, 1.54) is 0 Å². The minimum absolute atomic E-state index is 0.0363. The molecule has 0 aliphatic carbocycles. The lowest BCUT2D eigenvalue weighted by molar-refractivity contribution is 0.0989. The number of anilines is 2. The third kappa shape index (κ3) is 2.20. The maximum atomic E-state index is 12.6. The summed E-state index contributed by atoms with van der Waals surface area (Å²) in [4.78, 5) is 14.5. The van der Waals surface area contributed by atoms with Crippen LogP contribution in [0.1, 0.15) is 21.5 Å². The highest BCUT2D eigenvalue weighted by Crippen LogP contribution is 2.31. The Morgan fingerprint density at radius 1 is 1.25 bits per heavy atom. The summed E-state index contributed by atoms with van der Waals surface area (Å²) >= 11 is 3.48. The summed E-state index contributed by atoms with van der Waals surface area (Å²) in [5, 5.41) is 0. The van der Waals surface area contributed by atoms with E-state index >= 15 is 0 Å². The molecular formula is C16H15BrN2O. The first-order valence-electron chi connectivity index (χ1n) is 6.52. The molecule has 20 heavy (non-hydrogen) atoms. The Balaban J connectivity index is 1.95. The van der Waals surface area contributed by atoms with Crippen molar-refractivity contribution in [1.82, 2.24) is 0 Å². The molecule has 0 aromatic heterocycles. The van der Waals surface area contributed by atoms with Crippen LogP contribution >= 0.6 is 15.9 Å². The van der Waals surface area contributed by atoms with Crippen molar-refractivity contribution in [2.24, 2.45) is 0 Å². The molecule has 2 N–H and O–H groups in total. The van der Waals surface area contributed by atoms with Crippen LogP contribution in [-0.2, 0) is 6.42 Å². The van der Waals surface area contributed by atoms with Gasteiger partial charge in [0.1, 0.15) is 0 Å². The van der Waals surface area contributed by atoms with E-state index in [0.29, 0.717) is 12.1 Å². The Morgan fingerprint density at radius 2 is 2.05 bits per heavy atom. The predicted molar refractivity (Wildman–Crippen MR) is 85.1 cm³/mol. The number of hydrogen-bond donors (Lipinski definition) is 1. The average molecular weight is 331 g/mol. The van der Waals surface area contributed by atoms with Gasteiger partial charge < -0.3 is 10.6 Å². The Morgan fingerprint density at radius 3 is 2.80 bits per heavy atom. The predicted octanol–water partition coefficient (Wildman–Crippen LogP) is 3.54. The zero-order chi connectivity index (χ0) is 14.3. The van der Waals surface area contributed by atoms with Gasteiger partial charge in [-0.15, -0.1) is 0 Å². The second kappa shape index (κ2) is 4.94. The number of nitrogens with zero attached hydrogens (tertiary/aromatic N) is 1. The lowest BCUT2D eigenvalue weighted by atomic mass is 10.1. The zero-order valence-electron chi connectivity index (χ0n) is 11.2. The fourth-order valence-corrected chi connectivity index (χ4v) is 2.89. The van der Waals surface area contributed by atoms with Crippen LogP contribution in [0.25, 0.3) is 0 Å². The normalized spacial score (nSPS) is 13.4. The van der Waals surface area contributed by atoms with Crippen LogP contribution in [0, 0.1) is 6.92 Å². The van der Waals surface area contributed by atoms with Gasteiger partial charge in [0.05, 0.1) is 0 Å². The summed E-state index contributed by atoms with van der Waals surface area (Å²) in [7, 11) is 0. The molecule has 1 heterocycles. The first-order chi connectivity index (χ1) is 9.56. The zero-order valence-corrected chi connectivity index (χ0v) is 12.8. The molecule has 0 fully saturated rings. The first-order valence-corrected chi connectivity index (χ1v) is 7.32. The lowest BCUT2D eigenvalue weighted by Crippen LogP contribution is -2.28. The number of hydrogen-bond acceptors (Lipinski definition) is 2. The highest BCUT2D eigenvalue weighted by atomic mass is 79.9. The van der Waals surface area contributed by atoms with Crippen molar-refractivity contribution in [3.8, 4) is 0 Å². The summed E-state index contributed by atoms with van der Waals surface area (Å²) in [5.74, 6) is 0.0363. The second-order valence-corrected chi connectivity index (χ2v) is 5.91. The number of fused-ring (bicyclic) bond motifs is 1. The molecule has 1 amide bonds. The van der Waals surface area contributed by atoms with Crippen LogP contribution in [0.2, 0.25) is 0 Å². The Kier molecular flexibility index (Phi) is 3.26. The van der Waals surface area contributed by atoms with Gasteiger partial charge in [-0.3, -0.25) is 4.79 Å². The minimum atomic E-state index is 0.0363. The van der Waals surface area contributed by atoms with Crippen LogP contribution < -0.4 is 10.6 Å². The third-order valence-electron chi connectivity index (χ3n) is 3.66. The number of benzene rings is 2. The largest absolute Gasteiger partial charge is 0.399 e. The standard InChI is InChI=1S/C16H15BrN2O/c1-10-2-3-12(9-14(10)17)16(20)19-7-6-11-8-13(18)4-5-15(11)19/h2-5,8-9H,6-7,18H2,1H3. The number of rotatable bonds is 1. The van der Waals surface area contributed by atoms with Gasteiger partial charge in [-0.2, -0.15) is 0 Å². The van der Waals surface area contributed by atoms with Crippen LogP contribution in [0.15, 0.2) is 40.9 Å². The van der Waals surface area contributed by atoms with E-state index in [9.17, 15) is 4.79 Å². The maximum Gasteiger partial charge on any atom is 0.258 e. The molecule has 1 aliphatic heterocycles. The van der Waals surface area contributed by atoms with Crippen LogP contribution in [0.5, 0.6) is 0 Å². The van der Waals surface area contributed by atoms with Crippen LogP contribution in [0.3, 0.4) is 0 Å². The van der Waals surface area contributed by atoms with Crippen molar-refractivity contribution >= 4 is 33.2 Å². The number of carbonyl (C=O) groups excluding carboxylic acids is 1. The fourth-order valence-electron chi connectivity index (χ4n) is 2.51. The van der Waals surface area contributed by atoms with Crippen molar-refractivity contribution in [1.29, 1.82) is 0 Å². The SMILES string of the molecule is Cc1ccc(C(=O)N2CCc3cc(N)ccc32)cc1Br. The van der Waals surface area contributed by atoms with E-state index in [-0.39, 0.29) is 5.91 Å². The summed E-state index contributed by atoms with van der Waals surface area (Å²) in [6.45, 7) is 2.72. The molecule has 0 saturated carbocycles. The molecule has 0 saturated heterocycles. The average Bonchev–Trinajstić information content (AvgIpc) is 2.84. The first kappa shape index (κ1) is 13.2. The van der Waals surface area contributed by atoms with Gasteiger partial charge in [-0.1, -0.05) is 22.0 Å². The van der Waals surface area contributed by atoms with Gasteiger partial charge in [0.25, 0.3) is 5.91 Å². The summed E-state index contributed by atoms with van der Waals surface area (Å²) < 4.78 is 0.958. The molecule has 4 heteroatoms. The molecule has 0 unspecified atom stereocenters. The molecule has 0 atom stereocenters. The smallest absolute Gasteiger partial charge is 0.258 e. The number of nitrogen functional groups attached to an aromatic ring is 1. The Labute approximate surface area is 126 Å². The molecule has 0 spiro atoms. The van der Waals surface area contributed by atoms with Crippen LogP contribution in [0.4, 0.5) is 11.4 Å². The highest BCUT2D eigenvalue weighted by Gasteiger charge is 2.25. The molecule has 2 aromatic carbocycles. The molecular weight excluding hydrogens is 316 g/mol. The monoisotopic (exact) mass is 330 g/mol. The fraction of sp³-hybridized carbons (Fsp3) is 0.188. The van der Waals surface area contributed by atoms with Crippen molar-refractivity contribution in [3.63, 3.8) is 0 Å². The van der Waals surface area contributed by atoms with Gasteiger partial charge in [-0.25, -0.2) is 0 Å². The maximum absolute atomic E-state index is 12.6. The molecule has 102 valence electrons. The minimum Gasteiger partial charge on any atom is -0.399 e. The molecule has 1 aliphatic rings. The van der Waals surface area contributed by atoms with E-state index < -0.39 is 0 Å². The summed E-state index contributed by atoms with van der Waals surface area (Å²) in [6.07, 6.45) is 0.860. The number of halogens is 1. The number of amides is 1. The molecule has 3 nitrogen and oxygen atoms in total. The van der Waals surface area contributed by atoms with Gasteiger partial charge >= 0.3 is 0 Å². The number of aryl methyl sites for hydroxylation is 1. The Hall–Kier alpha value is -1.81. The van der Waals surface area contributed by atoms with Crippen molar-refractivity contribution in [2.75, 3.05) is 17.2 Å². The van der Waals surface area contributed by atoms with E-state index in [1.54, 1.807) is 0 Å². The van der Waals surface area contributed by atoms with E-state index in [2.05, 4.69) is 15.9 Å². The van der Waals surface area contributed by atoms with Gasteiger partial charge in [0.2, 0.25) is 0 Å². The number of nitrogens with two attached hydrogens (primary N) is 1. The molecule has 0 radical (unpaired) electrons. The van der Waals surface area contributed by atoms with Crippen molar-refractivity contribution < 1.29 is 4.79 Å². The lowest BCUT2D eigenvalue weighted by Gasteiger charge is -2.18. The second-order valence-electron chi connectivity index (χ2n) is 5.06. The van der Waals surface area contributed by atoms with Gasteiger partial charge in [0, 0.05) is 28.0 Å². The Bertz CT molecular complexity index is 697. The highest BCUT2D eigenvalue weighted by molar-refractivity contribution is 9.10. The number of carbonyl (C=O) groups is 1. The quantitative estimate of drug-likeness (QED) is 0.813. The van der Waals surface area contributed by atoms with Crippen LogP contribution in [-0.4, -0.2) is 12.5 Å².